The molecular weight excluding hydrogens is 144 g/mol. The Hall–Kier alpha value is -0.710. The van der Waals surface area contributed by atoms with Gasteiger partial charge in [-0.15, -0.1) is 5.73 Å². The predicted molar refractivity (Wildman–Crippen MR) is 45.0 cm³/mol. The summed E-state index contributed by atoms with van der Waals surface area (Å²) < 4.78 is 0. The van der Waals surface area contributed by atoms with Crippen molar-refractivity contribution in [3.05, 3.63) is 40.1 Å². The largest absolute Gasteiger partial charge is 0.120 e. The molecule has 0 saturated carbocycles. The number of hydrogen-bond donors (Lipinski definition) is 0. The number of allylic oxidation sites excluding steroid dienone is 5. The third-order valence-electron chi connectivity index (χ3n) is 1.34. The van der Waals surface area contributed by atoms with E-state index >= 15 is 0 Å². The second kappa shape index (κ2) is 2.92. The molecule has 0 N–H and O–H groups in total. The van der Waals surface area contributed by atoms with Crippen LogP contribution in [0.4, 0.5) is 0 Å². The normalized spacial score (nSPS) is 17.3. The summed E-state index contributed by atoms with van der Waals surface area (Å²) in [6.45, 7) is 3.97. The molecule has 0 aliphatic heterocycles. The minimum Gasteiger partial charge on any atom is -0.120 e. The fourth-order valence-corrected chi connectivity index (χ4v) is 0.949. The average molecular weight is 153 g/mol. The molecule has 10 heavy (non-hydrogen) atoms. The predicted octanol–water partition coefficient (Wildman–Crippen LogP) is 3.17. The topological polar surface area (TPSA) is 0 Å². The van der Waals surface area contributed by atoms with Crippen LogP contribution >= 0.6 is 11.6 Å². The van der Waals surface area contributed by atoms with E-state index in [1.807, 2.05) is 32.1 Å². The molecule has 0 bridgehead atoms. The van der Waals surface area contributed by atoms with Gasteiger partial charge in [-0.25, -0.2) is 0 Å². The van der Waals surface area contributed by atoms with E-state index in [9.17, 15) is 0 Å². The molecule has 1 aliphatic rings. The van der Waals surface area contributed by atoms with E-state index in [4.69, 9.17) is 11.6 Å². The highest BCUT2D eigenvalue weighted by molar-refractivity contribution is 6.31. The first-order valence-electron chi connectivity index (χ1n) is 3.17. The lowest BCUT2D eigenvalue weighted by atomic mass is 10.2. The second-order valence-electron chi connectivity index (χ2n) is 2.37. The van der Waals surface area contributed by atoms with Crippen LogP contribution in [0.25, 0.3) is 0 Å². The Morgan fingerprint density at radius 2 is 2.00 bits per heavy atom. The molecule has 0 unspecified atom stereocenters. The van der Waals surface area contributed by atoms with E-state index in [1.54, 1.807) is 0 Å². The molecule has 1 rings (SSSR count). The molecule has 0 atom stereocenters. The third kappa shape index (κ3) is 1.63. The van der Waals surface area contributed by atoms with Gasteiger partial charge in [0.1, 0.15) is 0 Å². The summed E-state index contributed by atoms with van der Waals surface area (Å²) in [5.74, 6) is 0. The third-order valence-corrected chi connectivity index (χ3v) is 1.75. The van der Waals surface area contributed by atoms with E-state index in [0.29, 0.717) is 0 Å². The van der Waals surface area contributed by atoms with Crippen LogP contribution in [0.3, 0.4) is 0 Å². The fourth-order valence-electron chi connectivity index (χ4n) is 0.722. The summed E-state index contributed by atoms with van der Waals surface area (Å²) in [5, 5.41) is 0.804. The Labute approximate surface area is 66.2 Å². The number of halogens is 1. The maximum Gasteiger partial charge on any atom is 0.0444 e. The Kier molecular flexibility index (Phi) is 2.16. The molecule has 0 aromatic heterocycles. The highest BCUT2D eigenvalue weighted by atomic mass is 35.5. The van der Waals surface area contributed by atoms with Crippen molar-refractivity contribution in [1.82, 2.24) is 0 Å². The first-order valence-corrected chi connectivity index (χ1v) is 3.55. The van der Waals surface area contributed by atoms with Gasteiger partial charge in [-0.2, -0.15) is 0 Å². The Morgan fingerprint density at radius 1 is 1.30 bits per heavy atom. The van der Waals surface area contributed by atoms with E-state index < -0.39 is 0 Å². The maximum absolute atomic E-state index is 5.88. The van der Waals surface area contributed by atoms with E-state index in [0.717, 1.165) is 16.2 Å². The second-order valence-corrected chi connectivity index (χ2v) is 2.78. The number of rotatable bonds is 0. The van der Waals surface area contributed by atoms with E-state index in [2.05, 4.69) is 5.73 Å². The van der Waals surface area contributed by atoms with Crippen molar-refractivity contribution in [2.24, 2.45) is 0 Å². The lowest BCUT2D eigenvalue weighted by molar-refractivity contribution is 1.49. The zero-order valence-corrected chi connectivity index (χ0v) is 6.87. The molecule has 0 spiro atoms. The van der Waals surface area contributed by atoms with Crippen molar-refractivity contribution in [2.45, 2.75) is 13.8 Å². The van der Waals surface area contributed by atoms with Crippen molar-refractivity contribution in [2.75, 3.05) is 0 Å². The van der Waals surface area contributed by atoms with Crippen LogP contribution in [-0.2, 0) is 0 Å². The van der Waals surface area contributed by atoms with Crippen LogP contribution in [0.15, 0.2) is 40.1 Å². The lowest BCUT2D eigenvalue weighted by Crippen LogP contribution is -1.71. The van der Waals surface area contributed by atoms with Gasteiger partial charge in [0, 0.05) is 5.03 Å². The van der Waals surface area contributed by atoms with Gasteiger partial charge < -0.3 is 0 Å². The van der Waals surface area contributed by atoms with Gasteiger partial charge in [-0.1, -0.05) is 11.6 Å². The Balaban J connectivity index is 3.14. The molecule has 0 saturated heterocycles. The van der Waals surface area contributed by atoms with E-state index in [-0.39, 0.29) is 0 Å². The Morgan fingerprint density at radius 3 is 2.70 bits per heavy atom. The molecule has 0 heterocycles. The van der Waals surface area contributed by atoms with Gasteiger partial charge in [0.05, 0.1) is 0 Å². The quantitative estimate of drug-likeness (QED) is 0.468. The van der Waals surface area contributed by atoms with Crippen LogP contribution < -0.4 is 0 Å². The van der Waals surface area contributed by atoms with Crippen molar-refractivity contribution in [3.63, 3.8) is 0 Å². The van der Waals surface area contributed by atoms with Gasteiger partial charge in [0.15, 0.2) is 0 Å². The first-order chi connectivity index (χ1) is 4.70. The summed E-state index contributed by atoms with van der Waals surface area (Å²) >= 11 is 5.88. The maximum atomic E-state index is 5.88. The first kappa shape index (κ1) is 7.40. The van der Waals surface area contributed by atoms with Gasteiger partial charge in [0.25, 0.3) is 0 Å². The van der Waals surface area contributed by atoms with Gasteiger partial charge in [0.2, 0.25) is 0 Å². The van der Waals surface area contributed by atoms with Crippen LogP contribution in [-0.4, -0.2) is 0 Å². The SMILES string of the molecule is CC1=CC(Cl)=C(C)C=C=C1. The standard InChI is InChI=1S/C9H9Cl/c1-7-4-3-5-8(2)9(10)6-7/h4-6H,1-2H3. The molecule has 52 valence electrons. The van der Waals surface area contributed by atoms with Gasteiger partial charge >= 0.3 is 0 Å². The minimum absolute atomic E-state index is 0.804. The van der Waals surface area contributed by atoms with Crippen molar-refractivity contribution >= 4 is 11.6 Å². The van der Waals surface area contributed by atoms with Crippen molar-refractivity contribution < 1.29 is 0 Å². The molecule has 0 radical (unpaired) electrons. The summed E-state index contributed by atoms with van der Waals surface area (Å²) in [4.78, 5) is 0. The molecule has 0 aromatic carbocycles. The molecule has 0 fully saturated rings. The molecule has 0 amide bonds. The molecular formula is C9H9Cl. The smallest absolute Gasteiger partial charge is 0.0444 e. The van der Waals surface area contributed by atoms with E-state index in [1.165, 1.54) is 0 Å². The molecule has 1 aliphatic carbocycles. The molecule has 0 nitrogen and oxygen atoms in total. The van der Waals surface area contributed by atoms with Gasteiger partial charge in [-0.05, 0) is 43.2 Å². The summed E-state index contributed by atoms with van der Waals surface area (Å²) in [5.41, 5.74) is 5.22. The van der Waals surface area contributed by atoms with Crippen molar-refractivity contribution in [3.8, 4) is 0 Å². The van der Waals surface area contributed by atoms with Crippen LogP contribution in [0.5, 0.6) is 0 Å². The monoisotopic (exact) mass is 152 g/mol. The Bertz CT molecular complexity index is 260. The van der Waals surface area contributed by atoms with Crippen LogP contribution in [0.2, 0.25) is 0 Å². The van der Waals surface area contributed by atoms with Crippen LogP contribution in [0.1, 0.15) is 13.8 Å². The zero-order valence-electron chi connectivity index (χ0n) is 6.11. The molecule has 1 heteroatoms. The highest BCUT2D eigenvalue weighted by Gasteiger charge is 1.94. The average Bonchev–Trinajstić information content (AvgIpc) is 1.96. The minimum atomic E-state index is 0.804. The zero-order chi connectivity index (χ0) is 7.56. The van der Waals surface area contributed by atoms with Gasteiger partial charge in [-0.3, -0.25) is 0 Å². The lowest BCUT2D eigenvalue weighted by Gasteiger charge is -1.91. The summed E-state index contributed by atoms with van der Waals surface area (Å²) in [7, 11) is 0. The highest BCUT2D eigenvalue weighted by Crippen LogP contribution is 2.16. The van der Waals surface area contributed by atoms with Crippen molar-refractivity contribution in [1.29, 1.82) is 0 Å². The summed E-state index contributed by atoms with van der Waals surface area (Å²) in [6, 6.07) is 0. The number of hydrogen-bond acceptors (Lipinski definition) is 0. The fraction of sp³-hybridized carbons (Fsp3) is 0.222. The summed E-state index contributed by atoms with van der Waals surface area (Å²) in [6.07, 6.45) is 5.74. The molecule has 0 aromatic rings. The van der Waals surface area contributed by atoms with Crippen LogP contribution in [0, 0.1) is 0 Å².